The van der Waals surface area contributed by atoms with Crippen LogP contribution < -0.4 is 5.46 Å². The zero-order valence-electron chi connectivity index (χ0n) is 14.3. The summed E-state index contributed by atoms with van der Waals surface area (Å²) in [5.74, 6) is 0. The SMILES string of the molecule is OB(O)c1cc2cc(-n3c4ccccc4c4ccccc43)ccc2cc1Br. The summed E-state index contributed by atoms with van der Waals surface area (Å²) in [5, 5.41) is 23.7. The third kappa shape index (κ3) is 2.59. The third-order valence-electron chi connectivity index (χ3n) is 5.06. The molecule has 0 fully saturated rings. The third-order valence-corrected chi connectivity index (χ3v) is 5.74. The van der Waals surface area contributed by atoms with Crippen LogP contribution in [0.5, 0.6) is 0 Å². The molecule has 0 radical (unpaired) electrons. The molecule has 1 aromatic heterocycles. The Morgan fingerprint density at radius 3 is 1.96 bits per heavy atom. The number of hydrogen-bond acceptors (Lipinski definition) is 2. The Morgan fingerprint density at radius 2 is 1.33 bits per heavy atom. The van der Waals surface area contributed by atoms with Crippen LogP contribution in [0.3, 0.4) is 0 Å². The molecule has 3 nitrogen and oxygen atoms in total. The number of aromatic nitrogens is 1. The van der Waals surface area contributed by atoms with Gasteiger partial charge in [0.1, 0.15) is 0 Å². The molecule has 130 valence electrons. The van der Waals surface area contributed by atoms with Crippen molar-refractivity contribution in [2.75, 3.05) is 0 Å². The van der Waals surface area contributed by atoms with Crippen molar-refractivity contribution in [2.24, 2.45) is 0 Å². The number of rotatable bonds is 2. The average Bonchev–Trinajstić information content (AvgIpc) is 3.01. The molecule has 0 bridgehead atoms. The summed E-state index contributed by atoms with van der Waals surface area (Å²) in [6.07, 6.45) is 0. The van der Waals surface area contributed by atoms with E-state index in [4.69, 9.17) is 0 Å². The Bertz CT molecular complexity index is 1270. The quantitative estimate of drug-likeness (QED) is 0.420. The van der Waals surface area contributed by atoms with E-state index >= 15 is 0 Å². The fraction of sp³-hybridized carbons (Fsp3) is 0. The van der Waals surface area contributed by atoms with E-state index in [0.29, 0.717) is 9.94 Å². The largest absolute Gasteiger partial charge is 0.489 e. The van der Waals surface area contributed by atoms with Gasteiger partial charge in [0.25, 0.3) is 0 Å². The molecule has 0 atom stereocenters. The van der Waals surface area contributed by atoms with Crippen molar-refractivity contribution in [3.05, 3.63) is 83.3 Å². The number of fused-ring (bicyclic) bond motifs is 4. The van der Waals surface area contributed by atoms with Gasteiger partial charge in [-0.15, -0.1) is 0 Å². The van der Waals surface area contributed by atoms with Crippen molar-refractivity contribution in [1.82, 2.24) is 4.57 Å². The minimum Gasteiger partial charge on any atom is -0.423 e. The maximum atomic E-state index is 9.62. The number of para-hydroxylation sites is 2. The molecule has 0 unspecified atom stereocenters. The van der Waals surface area contributed by atoms with Gasteiger partial charge in [0.2, 0.25) is 0 Å². The molecule has 0 saturated heterocycles. The minimum atomic E-state index is -1.51. The van der Waals surface area contributed by atoms with Crippen LogP contribution in [0.2, 0.25) is 0 Å². The van der Waals surface area contributed by atoms with Crippen LogP contribution in [0.1, 0.15) is 0 Å². The first-order chi connectivity index (χ1) is 13.1. The van der Waals surface area contributed by atoms with E-state index in [0.717, 1.165) is 27.5 Å². The van der Waals surface area contributed by atoms with Crippen molar-refractivity contribution >= 4 is 61.1 Å². The van der Waals surface area contributed by atoms with Crippen LogP contribution in [0, 0.1) is 0 Å². The second-order valence-corrected chi connectivity index (χ2v) is 7.50. The zero-order valence-corrected chi connectivity index (χ0v) is 15.9. The fourth-order valence-corrected chi connectivity index (χ4v) is 4.38. The molecule has 0 amide bonds. The molecule has 0 spiro atoms. The number of benzene rings is 4. The van der Waals surface area contributed by atoms with Gasteiger partial charge in [-0.25, -0.2) is 0 Å². The number of halogens is 1. The lowest BCUT2D eigenvalue weighted by Gasteiger charge is -2.11. The minimum absolute atomic E-state index is 0.460. The highest BCUT2D eigenvalue weighted by Gasteiger charge is 2.16. The van der Waals surface area contributed by atoms with E-state index in [-0.39, 0.29) is 0 Å². The van der Waals surface area contributed by atoms with E-state index in [1.54, 1.807) is 0 Å². The Balaban J connectivity index is 1.84. The van der Waals surface area contributed by atoms with Gasteiger partial charge in [0, 0.05) is 20.9 Å². The summed E-state index contributed by atoms with van der Waals surface area (Å²) in [6.45, 7) is 0. The molecule has 0 aliphatic carbocycles. The monoisotopic (exact) mass is 415 g/mol. The van der Waals surface area contributed by atoms with Crippen molar-refractivity contribution in [2.45, 2.75) is 0 Å². The van der Waals surface area contributed by atoms with Crippen molar-refractivity contribution < 1.29 is 10.0 Å². The van der Waals surface area contributed by atoms with Crippen LogP contribution in [0.4, 0.5) is 0 Å². The molecular weight excluding hydrogens is 401 g/mol. The first kappa shape index (κ1) is 16.6. The summed E-state index contributed by atoms with van der Waals surface area (Å²) < 4.78 is 2.94. The summed E-state index contributed by atoms with van der Waals surface area (Å²) in [4.78, 5) is 0. The van der Waals surface area contributed by atoms with Crippen molar-refractivity contribution in [3.63, 3.8) is 0 Å². The zero-order chi connectivity index (χ0) is 18.5. The van der Waals surface area contributed by atoms with E-state index < -0.39 is 7.12 Å². The summed E-state index contributed by atoms with van der Waals surface area (Å²) in [5.41, 5.74) is 3.80. The smallest absolute Gasteiger partial charge is 0.423 e. The second-order valence-electron chi connectivity index (χ2n) is 6.65. The van der Waals surface area contributed by atoms with Gasteiger partial charge < -0.3 is 14.6 Å². The molecule has 0 saturated carbocycles. The Kier molecular flexibility index (Phi) is 3.83. The number of nitrogens with zero attached hydrogens (tertiary/aromatic N) is 1. The van der Waals surface area contributed by atoms with Crippen LogP contribution in [-0.4, -0.2) is 21.7 Å². The summed E-state index contributed by atoms with van der Waals surface area (Å²) in [6, 6.07) is 26.8. The second kappa shape index (κ2) is 6.24. The van der Waals surface area contributed by atoms with Gasteiger partial charge in [-0.2, -0.15) is 0 Å². The van der Waals surface area contributed by atoms with Crippen molar-refractivity contribution in [3.8, 4) is 5.69 Å². The fourth-order valence-electron chi connectivity index (χ4n) is 3.81. The standard InChI is InChI=1S/C22H15BBrNO2/c24-20-13-14-9-10-16(11-15(14)12-19(20)23(26)27)25-21-7-3-1-5-17(21)18-6-2-4-8-22(18)25/h1-13,26-27H. The van der Waals surface area contributed by atoms with Gasteiger partial charge in [-0.1, -0.05) is 64.5 Å². The predicted molar refractivity (Wildman–Crippen MR) is 116 cm³/mol. The molecule has 5 rings (SSSR count). The van der Waals surface area contributed by atoms with Crippen LogP contribution in [0.25, 0.3) is 38.3 Å². The average molecular weight is 416 g/mol. The van der Waals surface area contributed by atoms with E-state index in [9.17, 15) is 10.0 Å². The molecule has 0 aliphatic heterocycles. The van der Waals surface area contributed by atoms with E-state index in [1.165, 1.54) is 10.8 Å². The normalized spacial score (nSPS) is 11.5. The number of hydrogen-bond donors (Lipinski definition) is 2. The summed E-state index contributed by atoms with van der Waals surface area (Å²) in [7, 11) is -1.51. The molecule has 5 heteroatoms. The lowest BCUT2D eigenvalue weighted by Crippen LogP contribution is -2.30. The van der Waals surface area contributed by atoms with Crippen LogP contribution >= 0.6 is 15.9 Å². The van der Waals surface area contributed by atoms with Gasteiger partial charge in [-0.3, -0.25) is 0 Å². The maximum Gasteiger partial charge on any atom is 0.489 e. The van der Waals surface area contributed by atoms with Crippen LogP contribution in [0.15, 0.2) is 83.3 Å². The predicted octanol–water partition coefficient (Wildman–Crippen LogP) is 4.38. The van der Waals surface area contributed by atoms with Gasteiger partial charge >= 0.3 is 7.12 Å². The highest BCUT2D eigenvalue weighted by Crippen LogP contribution is 2.32. The molecule has 0 aliphatic rings. The lowest BCUT2D eigenvalue weighted by atomic mass is 9.79. The highest BCUT2D eigenvalue weighted by molar-refractivity contribution is 9.10. The molecule has 5 aromatic rings. The molecular formula is C22H15BBrNO2. The van der Waals surface area contributed by atoms with Gasteiger partial charge in [-0.05, 0) is 46.6 Å². The highest BCUT2D eigenvalue weighted by atomic mass is 79.9. The van der Waals surface area contributed by atoms with Crippen LogP contribution in [-0.2, 0) is 0 Å². The topological polar surface area (TPSA) is 45.4 Å². The Morgan fingerprint density at radius 1 is 0.704 bits per heavy atom. The van der Waals surface area contributed by atoms with E-state index in [1.807, 2.05) is 12.1 Å². The molecule has 2 N–H and O–H groups in total. The lowest BCUT2D eigenvalue weighted by molar-refractivity contribution is 0.425. The van der Waals surface area contributed by atoms with E-state index in [2.05, 4.69) is 87.2 Å². The summed E-state index contributed by atoms with van der Waals surface area (Å²) >= 11 is 3.42. The molecule has 1 heterocycles. The maximum absolute atomic E-state index is 9.62. The Labute approximate surface area is 164 Å². The van der Waals surface area contributed by atoms with Gasteiger partial charge in [0.15, 0.2) is 0 Å². The van der Waals surface area contributed by atoms with Gasteiger partial charge in [0.05, 0.1) is 11.0 Å². The first-order valence-electron chi connectivity index (χ1n) is 8.71. The Hall–Kier alpha value is -2.60. The first-order valence-corrected chi connectivity index (χ1v) is 9.51. The molecule has 4 aromatic carbocycles. The van der Waals surface area contributed by atoms with Crippen molar-refractivity contribution in [1.29, 1.82) is 0 Å². The molecule has 27 heavy (non-hydrogen) atoms.